The minimum absolute atomic E-state index is 0.0403. The maximum Gasteiger partial charge on any atom is 0.181 e. The Bertz CT molecular complexity index is 525. The molecule has 1 aromatic heterocycles. The second-order valence-corrected chi connectivity index (χ2v) is 3.58. The van der Waals surface area contributed by atoms with E-state index in [0.717, 1.165) is 6.39 Å². The van der Waals surface area contributed by atoms with E-state index in [4.69, 9.17) is 16.0 Å². The van der Waals surface area contributed by atoms with E-state index < -0.39 is 11.6 Å². The molecule has 0 fully saturated rings. The smallest absolute Gasteiger partial charge is 0.181 e. The highest BCUT2D eigenvalue weighted by molar-refractivity contribution is 6.17. The van der Waals surface area contributed by atoms with Crippen LogP contribution in [0, 0.1) is 18.6 Å². The molecule has 16 heavy (non-hydrogen) atoms. The Balaban J connectivity index is 2.68. The predicted octanol–water partition coefficient (Wildman–Crippen LogP) is 3.67. The third-order valence-electron chi connectivity index (χ3n) is 2.28. The van der Waals surface area contributed by atoms with Crippen LogP contribution in [0.3, 0.4) is 0 Å². The molecule has 0 N–H and O–H groups in total. The lowest BCUT2D eigenvalue weighted by atomic mass is 10.1. The molecule has 2 nitrogen and oxygen atoms in total. The molecule has 0 radical (unpaired) electrons. The van der Waals surface area contributed by atoms with E-state index in [0.29, 0.717) is 11.3 Å². The Hall–Kier alpha value is -1.42. The molecule has 0 unspecified atom stereocenters. The topological polar surface area (TPSA) is 26.0 Å². The molecule has 84 valence electrons. The van der Waals surface area contributed by atoms with Crippen LogP contribution < -0.4 is 0 Å². The minimum Gasteiger partial charge on any atom is -0.443 e. The van der Waals surface area contributed by atoms with Crippen LogP contribution in [-0.2, 0) is 5.88 Å². The van der Waals surface area contributed by atoms with Gasteiger partial charge in [-0.25, -0.2) is 13.8 Å². The first-order valence-electron chi connectivity index (χ1n) is 4.58. The van der Waals surface area contributed by atoms with Gasteiger partial charge in [-0.05, 0) is 18.6 Å². The molecular weight excluding hydrogens is 236 g/mol. The van der Waals surface area contributed by atoms with E-state index in [1.165, 1.54) is 12.1 Å². The monoisotopic (exact) mass is 243 g/mol. The largest absolute Gasteiger partial charge is 0.443 e. The van der Waals surface area contributed by atoms with Gasteiger partial charge in [-0.1, -0.05) is 6.07 Å². The third-order valence-corrected chi connectivity index (χ3v) is 2.53. The van der Waals surface area contributed by atoms with E-state index in [9.17, 15) is 8.78 Å². The third kappa shape index (κ3) is 1.69. The van der Waals surface area contributed by atoms with Gasteiger partial charge in [0.25, 0.3) is 0 Å². The summed E-state index contributed by atoms with van der Waals surface area (Å²) in [5, 5.41) is 0. The molecule has 1 heterocycles. The number of halogens is 3. The summed E-state index contributed by atoms with van der Waals surface area (Å²) in [5.74, 6) is -1.25. The average Bonchev–Trinajstić information content (AvgIpc) is 2.72. The van der Waals surface area contributed by atoms with Crippen LogP contribution >= 0.6 is 11.6 Å². The van der Waals surface area contributed by atoms with E-state index in [-0.39, 0.29) is 17.2 Å². The van der Waals surface area contributed by atoms with Gasteiger partial charge in [0.05, 0.1) is 11.4 Å². The van der Waals surface area contributed by atoms with Crippen LogP contribution in [0.1, 0.15) is 11.3 Å². The van der Waals surface area contributed by atoms with Crippen LogP contribution in [0.4, 0.5) is 8.78 Å². The van der Waals surface area contributed by atoms with Crippen molar-refractivity contribution in [3.63, 3.8) is 0 Å². The Morgan fingerprint density at radius 3 is 2.81 bits per heavy atom. The predicted molar refractivity (Wildman–Crippen MR) is 56.1 cm³/mol. The molecule has 0 atom stereocenters. The number of alkyl halides is 1. The summed E-state index contributed by atoms with van der Waals surface area (Å²) in [6.45, 7) is 1.55. The molecule has 5 heteroatoms. The first-order chi connectivity index (χ1) is 7.65. The van der Waals surface area contributed by atoms with Gasteiger partial charge in [0.2, 0.25) is 0 Å². The summed E-state index contributed by atoms with van der Waals surface area (Å²) in [6.07, 6.45) is 1.12. The van der Waals surface area contributed by atoms with Gasteiger partial charge in [-0.3, -0.25) is 0 Å². The molecule has 0 aliphatic rings. The van der Waals surface area contributed by atoms with Crippen LogP contribution in [0.15, 0.2) is 22.9 Å². The van der Waals surface area contributed by atoms with Crippen molar-refractivity contribution < 1.29 is 13.2 Å². The summed E-state index contributed by atoms with van der Waals surface area (Å²) in [4.78, 5) is 3.79. The van der Waals surface area contributed by atoms with E-state index in [2.05, 4.69) is 4.98 Å². The minimum atomic E-state index is -0.689. The van der Waals surface area contributed by atoms with Crippen molar-refractivity contribution in [2.45, 2.75) is 12.8 Å². The van der Waals surface area contributed by atoms with Crippen molar-refractivity contribution in [2.75, 3.05) is 0 Å². The Morgan fingerprint density at radius 2 is 2.12 bits per heavy atom. The van der Waals surface area contributed by atoms with Crippen LogP contribution in [0.2, 0.25) is 0 Å². The number of hydrogen-bond donors (Lipinski definition) is 0. The standard InChI is InChI=1S/C11H8ClF2NO/c1-6-2-3-7(13)9(10(6)14)11-8(4-12)15-5-16-11/h2-3,5H,4H2,1H3. The molecule has 0 spiro atoms. The zero-order valence-corrected chi connectivity index (χ0v) is 9.18. The Morgan fingerprint density at radius 1 is 1.38 bits per heavy atom. The van der Waals surface area contributed by atoms with Gasteiger partial charge >= 0.3 is 0 Å². The molecule has 2 aromatic rings. The molecule has 0 bridgehead atoms. The Kier molecular flexibility index (Phi) is 2.92. The SMILES string of the molecule is Cc1ccc(F)c(-c2ocnc2CCl)c1F. The molecule has 2 rings (SSSR count). The number of rotatable bonds is 2. The lowest BCUT2D eigenvalue weighted by molar-refractivity contribution is 0.540. The number of nitrogens with zero attached hydrogens (tertiary/aromatic N) is 1. The first kappa shape index (κ1) is 11.1. The lowest BCUT2D eigenvalue weighted by Gasteiger charge is -2.05. The van der Waals surface area contributed by atoms with Crippen LogP contribution in [0.5, 0.6) is 0 Å². The van der Waals surface area contributed by atoms with Crippen molar-refractivity contribution in [2.24, 2.45) is 0 Å². The highest BCUT2D eigenvalue weighted by atomic mass is 35.5. The normalized spacial score (nSPS) is 10.8. The summed E-state index contributed by atoms with van der Waals surface area (Å²) in [5.41, 5.74) is 0.450. The zero-order chi connectivity index (χ0) is 11.7. The molecule has 0 saturated carbocycles. The van der Waals surface area contributed by atoms with Gasteiger partial charge in [-0.2, -0.15) is 0 Å². The maximum absolute atomic E-state index is 13.8. The van der Waals surface area contributed by atoms with Crippen LogP contribution in [-0.4, -0.2) is 4.98 Å². The number of hydrogen-bond acceptors (Lipinski definition) is 2. The van der Waals surface area contributed by atoms with E-state index in [1.54, 1.807) is 6.92 Å². The first-order valence-corrected chi connectivity index (χ1v) is 5.12. The second kappa shape index (κ2) is 4.22. The van der Waals surface area contributed by atoms with E-state index >= 15 is 0 Å². The number of oxazole rings is 1. The van der Waals surface area contributed by atoms with Gasteiger partial charge in [0.15, 0.2) is 12.2 Å². The van der Waals surface area contributed by atoms with E-state index in [1.807, 2.05) is 0 Å². The Labute approximate surface area is 95.9 Å². The number of benzene rings is 1. The number of aromatic nitrogens is 1. The van der Waals surface area contributed by atoms with Crippen molar-refractivity contribution in [1.82, 2.24) is 4.98 Å². The molecule has 0 saturated heterocycles. The summed E-state index contributed by atoms with van der Waals surface area (Å²) < 4.78 is 32.3. The molecule has 0 amide bonds. The van der Waals surface area contributed by atoms with Crippen molar-refractivity contribution >= 4 is 11.6 Å². The summed E-state index contributed by atoms with van der Waals surface area (Å²) >= 11 is 5.60. The van der Waals surface area contributed by atoms with Gasteiger partial charge < -0.3 is 4.42 Å². The fourth-order valence-corrected chi connectivity index (χ4v) is 1.62. The molecular formula is C11H8ClF2NO. The van der Waals surface area contributed by atoms with Gasteiger partial charge in [-0.15, -0.1) is 11.6 Å². The van der Waals surface area contributed by atoms with Crippen molar-refractivity contribution in [1.29, 1.82) is 0 Å². The molecule has 1 aromatic carbocycles. The molecule has 0 aliphatic carbocycles. The van der Waals surface area contributed by atoms with Crippen LogP contribution in [0.25, 0.3) is 11.3 Å². The number of aryl methyl sites for hydroxylation is 1. The van der Waals surface area contributed by atoms with Gasteiger partial charge in [0, 0.05) is 0 Å². The van der Waals surface area contributed by atoms with Crippen molar-refractivity contribution in [3.8, 4) is 11.3 Å². The van der Waals surface area contributed by atoms with Gasteiger partial charge in [0.1, 0.15) is 17.3 Å². The van der Waals surface area contributed by atoms with Crippen molar-refractivity contribution in [3.05, 3.63) is 41.4 Å². The second-order valence-electron chi connectivity index (χ2n) is 3.32. The molecule has 0 aliphatic heterocycles. The lowest BCUT2D eigenvalue weighted by Crippen LogP contribution is -1.94. The zero-order valence-electron chi connectivity index (χ0n) is 8.43. The fourth-order valence-electron chi connectivity index (χ4n) is 1.43. The highest BCUT2D eigenvalue weighted by Crippen LogP contribution is 2.30. The summed E-state index contributed by atoms with van der Waals surface area (Å²) in [7, 11) is 0. The summed E-state index contributed by atoms with van der Waals surface area (Å²) in [6, 6.07) is 2.55. The fraction of sp³-hybridized carbons (Fsp3) is 0.182. The average molecular weight is 244 g/mol. The maximum atomic E-state index is 13.8. The highest BCUT2D eigenvalue weighted by Gasteiger charge is 2.20. The quantitative estimate of drug-likeness (QED) is 0.753.